The van der Waals surface area contributed by atoms with Crippen molar-refractivity contribution in [1.29, 1.82) is 0 Å². The van der Waals surface area contributed by atoms with E-state index in [4.69, 9.17) is 9.84 Å². The Hall–Kier alpha value is -2.88. The zero-order chi connectivity index (χ0) is 19.4. The Bertz CT molecular complexity index is 849. The van der Waals surface area contributed by atoms with Crippen molar-refractivity contribution in [1.82, 2.24) is 20.3 Å². The Morgan fingerprint density at radius 2 is 2.04 bits per heavy atom. The molecule has 10 heteroatoms. The maximum atomic E-state index is 14.4. The average molecular weight is 380 g/mol. The van der Waals surface area contributed by atoms with Crippen LogP contribution in [0.2, 0.25) is 0 Å². The van der Waals surface area contributed by atoms with Gasteiger partial charge in [0.25, 0.3) is 0 Å². The molecule has 1 aliphatic heterocycles. The monoisotopic (exact) mass is 380 g/mol. The van der Waals surface area contributed by atoms with Gasteiger partial charge in [0, 0.05) is 24.8 Å². The van der Waals surface area contributed by atoms with Crippen molar-refractivity contribution < 1.29 is 28.2 Å². The van der Waals surface area contributed by atoms with Crippen molar-refractivity contribution in [3.8, 4) is 0 Å². The Kier molecular flexibility index (Phi) is 5.45. The van der Waals surface area contributed by atoms with Crippen molar-refractivity contribution >= 4 is 11.9 Å². The zero-order valence-electron chi connectivity index (χ0n) is 14.3. The van der Waals surface area contributed by atoms with E-state index in [0.717, 1.165) is 16.8 Å². The van der Waals surface area contributed by atoms with Crippen molar-refractivity contribution in [2.24, 2.45) is 0 Å². The molecule has 2 aromatic rings. The van der Waals surface area contributed by atoms with E-state index in [2.05, 4.69) is 15.6 Å². The van der Waals surface area contributed by atoms with Gasteiger partial charge in [-0.3, -0.25) is 9.59 Å². The van der Waals surface area contributed by atoms with Gasteiger partial charge in [0.05, 0.1) is 18.2 Å². The van der Waals surface area contributed by atoms with E-state index < -0.39 is 28.9 Å². The Balaban J connectivity index is 1.78. The number of ether oxygens (including phenoxy) is 1. The summed E-state index contributed by atoms with van der Waals surface area (Å²) in [7, 11) is 0. The fourth-order valence-corrected chi connectivity index (χ4v) is 3.19. The van der Waals surface area contributed by atoms with E-state index in [-0.39, 0.29) is 44.7 Å². The molecule has 2 N–H and O–H groups in total. The van der Waals surface area contributed by atoms with Gasteiger partial charge >= 0.3 is 5.97 Å². The molecule has 2 heterocycles. The van der Waals surface area contributed by atoms with Gasteiger partial charge in [-0.2, -0.15) is 0 Å². The number of aromatic nitrogens is 3. The molecule has 0 aliphatic carbocycles. The molecule has 8 nitrogen and oxygen atoms in total. The Morgan fingerprint density at radius 3 is 2.70 bits per heavy atom. The second-order valence-electron chi connectivity index (χ2n) is 6.30. The number of hydrogen-bond donors (Lipinski definition) is 2. The molecule has 0 saturated carbocycles. The fraction of sp³-hybridized carbons (Fsp3) is 0.412. The topological polar surface area (TPSA) is 106 Å². The molecule has 1 fully saturated rings. The highest BCUT2D eigenvalue weighted by atomic mass is 19.1. The first-order valence-electron chi connectivity index (χ1n) is 8.33. The summed E-state index contributed by atoms with van der Waals surface area (Å²) >= 11 is 0. The van der Waals surface area contributed by atoms with Crippen molar-refractivity contribution in [2.45, 2.75) is 31.3 Å². The van der Waals surface area contributed by atoms with E-state index in [1.165, 1.54) is 12.3 Å². The molecule has 0 unspecified atom stereocenters. The van der Waals surface area contributed by atoms with E-state index in [0.29, 0.717) is 5.69 Å². The number of halogens is 2. The van der Waals surface area contributed by atoms with Crippen molar-refractivity contribution in [3.63, 3.8) is 0 Å². The van der Waals surface area contributed by atoms with Crippen LogP contribution in [0.1, 0.15) is 24.1 Å². The molecular weight excluding hydrogens is 362 g/mol. The van der Waals surface area contributed by atoms with Gasteiger partial charge in [-0.25, -0.2) is 13.5 Å². The molecule has 144 valence electrons. The third kappa shape index (κ3) is 4.11. The molecule has 1 aromatic carbocycles. The van der Waals surface area contributed by atoms with E-state index in [1.807, 2.05) is 0 Å². The van der Waals surface area contributed by atoms with Crippen LogP contribution in [-0.2, 0) is 32.8 Å². The number of benzene rings is 1. The fourth-order valence-electron chi connectivity index (χ4n) is 3.19. The number of carboxylic acids is 1. The number of carbonyl (C=O) groups excluding carboxylic acids is 1. The number of aliphatic carboxylic acids is 1. The lowest BCUT2D eigenvalue weighted by atomic mass is 9.73. The molecule has 1 aliphatic rings. The van der Waals surface area contributed by atoms with Gasteiger partial charge < -0.3 is 15.2 Å². The number of hydrogen-bond acceptors (Lipinski definition) is 5. The number of amides is 1. The summed E-state index contributed by atoms with van der Waals surface area (Å²) in [4.78, 5) is 23.6. The Morgan fingerprint density at radius 1 is 1.30 bits per heavy atom. The standard InChI is InChI=1S/C17H18F2N4O4/c18-11-1-2-13(14(19)7-11)17(3-5-27-6-4-17)16(26)20-8-12-9-23(22-21-12)10-15(24)25/h1-2,7,9H,3-6,8,10H2,(H,20,26)(H,24,25). The summed E-state index contributed by atoms with van der Waals surface area (Å²) < 4.78 is 34.1. The van der Waals surface area contributed by atoms with Gasteiger partial charge in [0.2, 0.25) is 5.91 Å². The molecule has 3 rings (SSSR count). The minimum absolute atomic E-state index is 0.00384. The molecule has 0 spiro atoms. The first kappa shape index (κ1) is 18.9. The normalized spacial score (nSPS) is 16.1. The van der Waals surface area contributed by atoms with Gasteiger partial charge in [0.15, 0.2) is 0 Å². The highest BCUT2D eigenvalue weighted by Crippen LogP contribution is 2.37. The van der Waals surface area contributed by atoms with Gasteiger partial charge in [-0.05, 0) is 18.9 Å². The minimum Gasteiger partial charge on any atom is -0.480 e. The van der Waals surface area contributed by atoms with Crippen LogP contribution in [0.5, 0.6) is 0 Å². The van der Waals surface area contributed by atoms with Crippen LogP contribution in [0.3, 0.4) is 0 Å². The largest absolute Gasteiger partial charge is 0.480 e. The Labute approximate surface area is 153 Å². The first-order chi connectivity index (χ1) is 12.9. The van der Waals surface area contributed by atoms with Crippen LogP contribution in [0.4, 0.5) is 8.78 Å². The van der Waals surface area contributed by atoms with Crippen LogP contribution in [-0.4, -0.2) is 45.2 Å². The molecule has 0 atom stereocenters. The van der Waals surface area contributed by atoms with E-state index in [1.54, 1.807) is 0 Å². The lowest BCUT2D eigenvalue weighted by Gasteiger charge is -2.36. The molecule has 0 bridgehead atoms. The molecular formula is C17H18F2N4O4. The zero-order valence-corrected chi connectivity index (χ0v) is 14.3. The van der Waals surface area contributed by atoms with E-state index >= 15 is 0 Å². The van der Waals surface area contributed by atoms with Crippen LogP contribution >= 0.6 is 0 Å². The van der Waals surface area contributed by atoms with Crippen LogP contribution in [0, 0.1) is 11.6 Å². The summed E-state index contributed by atoms with van der Waals surface area (Å²) in [6.07, 6.45) is 1.92. The number of carboxylic acid groups (broad SMARTS) is 1. The molecule has 1 saturated heterocycles. The maximum Gasteiger partial charge on any atom is 0.325 e. The summed E-state index contributed by atoms with van der Waals surface area (Å²) in [5, 5.41) is 18.9. The summed E-state index contributed by atoms with van der Waals surface area (Å²) in [5.41, 5.74) is -0.682. The quantitative estimate of drug-likeness (QED) is 0.775. The maximum absolute atomic E-state index is 14.4. The van der Waals surface area contributed by atoms with Crippen molar-refractivity contribution in [2.75, 3.05) is 13.2 Å². The van der Waals surface area contributed by atoms with Crippen molar-refractivity contribution in [3.05, 3.63) is 47.3 Å². The van der Waals surface area contributed by atoms with Gasteiger partial charge in [-0.15, -0.1) is 5.10 Å². The third-order valence-electron chi connectivity index (χ3n) is 4.54. The number of carbonyl (C=O) groups is 2. The third-order valence-corrected chi connectivity index (χ3v) is 4.54. The van der Waals surface area contributed by atoms with Crippen LogP contribution < -0.4 is 5.32 Å². The van der Waals surface area contributed by atoms with Crippen LogP contribution in [0.15, 0.2) is 24.4 Å². The molecule has 1 aromatic heterocycles. The number of nitrogens with zero attached hydrogens (tertiary/aromatic N) is 3. The first-order valence-corrected chi connectivity index (χ1v) is 8.33. The highest BCUT2D eigenvalue weighted by molar-refractivity contribution is 5.88. The molecule has 0 radical (unpaired) electrons. The second-order valence-corrected chi connectivity index (χ2v) is 6.30. The number of rotatable bonds is 6. The molecule has 1 amide bonds. The van der Waals surface area contributed by atoms with Crippen LogP contribution in [0.25, 0.3) is 0 Å². The highest BCUT2D eigenvalue weighted by Gasteiger charge is 2.43. The predicted octanol–water partition coefficient (Wildman–Crippen LogP) is 1.01. The molecule has 27 heavy (non-hydrogen) atoms. The van der Waals surface area contributed by atoms with Gasteiger partial charge in [0.1, 0.15) is 23.9 Å². The lowest BCUT2D eigenvalue weighted by Crippen LogP contribution is -2.48. The summed E-state index contributed by atoms with van der Waals surface area (Å²) in [6, 6.07) is 3.18. The SMILES string of the molecule is O=C(O)Cn1cc(CNC(=O)C2(c3ccc(F)cc3F)CCOCC2)nn1. The minimum atomic E-state index is -1.17. The number of nitrogens with one attached hydrogen (secondary N) is 1. The lowest BCUT2D eigenvalue weighted by molar-refractivity contribution is -0.138. The average Bonchev–Trinajstić information content (AvgIpc) is 3.06. The van der Waals surface area contributed by atoms with Gasteiger partial charge in [-0.1, -0.05) is 11.3 Å². The summed E-state index contributed by atoms with van der Waals surface area (Å²) in [5.74, 6) is -2.99. The van der Waals surface area contributed by atoms with E-state index in [9.17, 15) is 18.4 Å². The smallest absolute Gasteiger partial charge is 0.325 e. The summed E-state index contributed by atoms with van der Waals surface area (Å²) in [6.45, 7) is 0.213. The second kappa shape index (κ2) is 7.78. The predicted molar refractivity (Wildman–Crippen MR) is 87.6 cm³/mol.